The molecule has 1 aliphatic heterocycles. The minimum absolute atomic E-state index is 0.268. The van der Waals surface area contributed by atoms with Gasteiger partial charge in [0.1, 0.15) is 23.0 Å². The van der Waals surface area contributed by atoms with E-state index in [0.29, 0.717) is 36.7 Å². The molecule has 3 amide bonds. The summed E-state index contributed by atoms with van der Waals surface area (Å²) in [5.74, 6) is 0.364. The highest BCUT2D eigenvalue weighted by atomic mass is 32.1. The number of ether oxygens (including phenoxy) is 2. The van der Waals surface area contributed by atoms with Gasteiger partial charge in [-0.15, -0.1) is 16.4 Å². The van der Waals surface area contributed by atoms with Crippen LogP contribution in [0.3, 0.4) is 0 Å². The number of thiophene rings is 1. The molecule has 1 aliphatic rings. The molecule has 40 heavy (non-hydrogen) atoms. The van der Waals surface area contributed by atoms with Crippen molar-refractivity contribution < 1.29 is 28.7 Å². The van der Waals surface area contributed by atoms with Crippen LogP contribution in [0.1, 0.15) is 57.8 Å². The van der Waals surface area contributed by atoms with Gasteiger partial charge < -0.3 is 30.3 Å². The minimum atomic E-state index is -0.783. The Balaban J connectivity index is 1.69. The maximum atomic E-state index is 13.3. The molecule has 11 nitrogen and oxygen atoms in total. The molecule has 1 aromatic heterocycles. The third-order valence-corrected chi connectivity index (χ3v) is 7.31. The largest absolute Gasteiger partial charge is 0.528 e. The van der Waals surface area contributed by atoms with E-state index in [1.807, 2.05) is 24.3 Å². The van der Waals surface area contributed by atoms with Crippen molar-refractivity contribution >= 4 is 34.4 Å². The van der Waals surface area contributed by atoms with Gasteiger partial charge in [0.2, 0.25) is 0 Å². The van der Waals surface area contributed by atoms with Crippen LogP contribution in [0.25, 0.3) is 10.4 Å². The lowest BCUT2D eigenvalue weighted by Gasteiger charge is -2.32. The predicted octanol–water partition coefficient (Wildman–Crippen LogP) is 4.69. The first-order chi connectivity index (χ1) is 19.0. The smallest absolute Gasteiger partial charge is 0.492 e. The summed E-state index contributed by atoms with van der Waals surface area (Å²) in [6.45, 7) is 13.7. The number of primary amides is 1. The van der Waals surface area contributed by atoms with Crippen LogP contribution in [-0.4, -0.2) is 79.0 Å². The van der Waals surface area contributed by atoms with Gasteiger partial charge in [-0.25, -0.2) is 9.59 Å². The Hall–Kier alpha value is -3.35. The highest BCUT2D eigenvalue weighted by Crippen LogP contribution is 2.37. The van der Waals surface area contributed by atoms with Gasteiger partial charge in [-0.2, -0.15) is 0 Å². The molecule has 1 unspecified atom stereocenters. The van der Waals surface area contributed by atoms with Crippen LogP contribution in [0.15, 0.2) is 30.3 Å². The Kier molecular flexibility index (Phi) is 11.2. The molecule has 1 fully saturated rings. The zero-order chi connectivity index (χ0) is 29.3. The number of hydrogen-bond donors (Lipinski definition) is 3. The molecular formula is C28H41N5O6S. The van der Waals surface area contributed by atoms with Crippen molar-refractivity contribution in [2.24, 2.45) is 5.73 Å². The van der Waals surface area contributed by atoms with Crippen LogP contribution in [0.4, 0.5) is 14.6 Å². The van der Waals surface area contributed by atoms with Gasteiger partial charge in [0.25, 0.3) is 5.91 Å². The topological polar surface area (TPSA) is 135 Å². The average molecular weight is 576 g/mol. The van der Waals surface area contributed by atoms with Crippen molar-refractivity contribution in [2.45, 2.75) is 59.1 Å². The molecule has 2 heterocycles. The number of likely N-dealkylation sites (N-methyl/N-ethyl adjacent to an activating group) is 1. The molecule has 0 saturated carbocycles. The summed E-state index contributed by atoms with van der Waals surface area (Å²) in [6, 6.07) is 8.33. The Morgan fingerprint density at radius 2 is 1.93 bits per heavy atom. The van der Waals surface area contributed by atoms with E-state index in [-0.39, 0.29) is 11.9 Å². The van der Waals surface area contributed by atoms with Gasteiger partial charge in [-0.05, 0) is 70.5 Å². The van der Waals surface area contributed by atoms with Crippen molar-refractivity contribution in [1.29, 1.82) is 0 Å². The number of nitrogens with one attached hydrogen (secondary N) is 2. The molecule has 220 valence electrons. The quantitative estimate of drug-likeness (QED) is 0.329. The van der Waals surface area contributed by atoms with Crippen molar-refractivity contribution in [1.82, 2.24) is 15.3 Å². The number of anilines is 1. The maximum absolute atomic E-state index is 13.3. The number of carbonyl (C=O) groups excluding carboxylic acids is 3. The van der Waals surface area contributed by atoms with E-state index in [1.165, 1.54) is 16.4 Å². The van der Waals surface area contributed by atoms with Gasteiger partial charge in [0, 0.05) is 24.0 Å². The predicted molar refractivity (Wildman–Crippen MR) is 156 cm³/mol. The number of urea groups is 1. The van der Waals surface area contributed by atoms with E-state index in [4.69, 9.17) is 20.0 Å². The van der Waals surface area contributed by atoms with Crippen LogP contribution >= 0.6 is 11.3 Å². The Bertz CT molecular complexity index is 1160. The summed E-state index contributed by atoms with van der Waals surface area (Å²) < 4.78 is 11.2. The van der Waals surface area contributed by atoms with Crippen LogP contribution < -0.4 is 21.1 Å². The number of hydrogen-bond acceptors (Lipinski definition) is 9. The number of rotatable bonds is 11. The second-order valence-corrected chi connectivity index (χ2v) is 11.6. The molecule has 0 bridgehead atoms. The highest BCUT2D eigenvalue weighted by Gasteiger charge is 2.28. The monoisotopic (exact) mass is 575 g/mol. The molecule has 0 radical (unpaired) electrons. The zero-order valence-electron chi connectivity index (χ0n) is 24.0. The summed E-state index contributed by atoms with van der Waals surface area (Å²) in [5.41, 5.74) is 5.88. The van der Waals surface area contributed by atoms with Crippen LogP contribution in [-0.2, 0) is 9.57 Å². The van der Waals surface area contributed by atoms with Gasteiger partial charge in [0.15, 0.2) is 0 Å². The highest BCUT2D eigenvalue weighted by molar-refractivity contribution is 7.20. The van der Waals surface area contributed by atoms with E-state index in [0.717, 1.165) is 42.2 Å². The molecule has 3 rings (SSSR count). The maximum Gasteiger partial charge on any atom is 0.528 e. The number of hydroxylamine groups is 2. The third kappa shape index (κ3) is 9.68. The van der Waals surface area contributed by atoms with Crippen LogP contribution in [0.5, 0.6) is 5.75 Å². The molecule has 1 aromatic carbocycles. The van der Waals surface area contributed by atoms with Crippen molar-refractivity contribution in [2.75, 3.05) is 44.6 Å². The fourth-order valence-electron chi connectivity index (χ4n) is 4.26. The fourth-order valence-corrected chi connectivity index (χ4v) is 5.31. The molecule has 12 heteroatoms. The van der Waals surface area contributed by atoms with E-state index < -0.39 is 17.8 Å². The molecule has 0 aliphatic carbocycles. The lowest BCUT2D eigenvalue weighted by atomic mass is 10.1. The van der Waals surface area contributed by atoms with E-state index in [1.54, 1.807) is 26.8 Å². The van der Waals surface area contributed by atoms with Gasteiger partial charge in [-0.3, -0.25) is 10.1 Å². The number of nitrogens with two attached hydrogens (primary N) is 1. The van der Waals surface area contributed by atoms with Crippen LogP contribution in [0, 0.1) is 0 Å². The number of nitrogens with zero attached hydrogens (tertiary/aromatic N) is 2. The summed E-state index contributed by atoms with van der Waals surface area (Å²) in [4.78, 5) is 45.5. The first kappa shape index (κ1) is 31.2. The average Bonchev–Trinajstić information content (AvgIpc) is 3.29. The number of carbonyl (C=O) groups is 3. The second kappa shape index (κ2) is 14.3. The van der Waals surface area contributed by atoms with Crippen LogP contribution in [0.2, 0.25) is 0 Å². The standard InChI is InChI=1S/C28H41N5O6S/c1-6-32(7-2)14-15-37-21-12-8-10-19(16-21)23-17-22(25(40-23)31-26(29)35)24(34)30-20-11-9-13-33(18-20)39-27(36)38-28(3,4)5/h8,10,12,16-17,20H,6-7,9,11,13-15,18H2,1-5H3,(H,30,34)(H3,29,31,35). The normalized spacial score (nSPS) is 15.9. The molecule has 1 atom stereocenters. The molecule has 0 spiro atoms. The summed E-state index contributed by atoms with van der Waals surface area (Å²) >= 11 is 1.26. The lowest BCUT2D eigenvalue weighted by molar-refractivity contribution is -0.154. The molecule has 2 aromatic rings. The van der Waals surface area contributed by atoms with E-state index in [9.17, 15) is 14.4 Å². The van der Waals surface area contributed by atoms with Gasteiger partial charge >= 0.3 is 12.2 Å². The number of piperidine rings is 1. The SMILES string of the molecule is CCN(CC)CCOc1cccc(-c2cc(C(=O)NC3CCCN(OC(=O)OC(C)(C)C)C3)c(NC(N)=O)s2)c1. The molecule has 1 saturated heterocycles. The van der Waals surface area contributed by atoms with Gasteiger partial charge in [-0.1, -0.05) is 26.0 Å². The molecular weight excluding hydrogens is 534 g/mol. The zero-order valence-corrected chi connectivity index (χ0v) is 24.8. The second-order valence-electron chi connectivity index (χ2n) is 10.5. The van der Waals surface area contributed by atoms with Crippen molar-refractivity contribution in [3.05, 3.63) is 35.9 Å². The van der Waals surface area contributed by atoms with E-state index >= 15 is 0 Å². The Morgan fingerprint density at radius 3 is 2.60 bits per heavy atom. The van der Waals surface area contributed by atoms with Gasteiger partial charge in [0.05, 0.1) is 12.1 Å². The minimum Gasteiger partial charge on any atom is -0.492 e. The van der Waals surface area contributed by atoms with E-state index in [2.05, 4.69) is 29.4 Å². The third-order valence-electron chi connectivity index (χ3n) is 6.22. The number of benzene rings is 1. The fraction of sp³-hybridized carbons (Fsp3) is 0.536. The Morgan fingerprint density at radius 1 is 1.18 bits per heavy atom. The van der Waals surface area contributed by atoms with Crippen molar-refractivity contribution in [3.63, 3.8) is 0 Å². The lowest BCUT2D eigenvalue weighted by Crippen LogP contribution is -2.48. The summed E-state index contributed by atoms with van der Waals surface area (Å²) in [6.07, 6.45) is 0.646. The molecule has 4 N–H and O–H groups in total. The van der Waals surface area contributed by atoms with Crippen molar-refractivity contribution in [3.8, 4) is 16.2 Å². The first-order valence-electron chi connectivity index (χ1n) is 13.6. The first-order valence-corrected chi connectivity index (χ1v) is 14.4. The Labute approximate surface area is 239 Å². The number of amides is 3. The summed E-state index contributed by atoms with van der Waals surface area (Å²) in [5, 5.41) is 7.42. The summed E-state index contributed by atoms with van der Waals surface area (Å²) in [7, 11) is 0.